The van der Waals surface area contributed by atoms with E-state index >= 15 is 0 Å². The zero-order valence-electron chi connectivity index (χ0n) is 10.4. The highest BCUT2D eigenvalue weighted by molar-refractivity contribution is 7.90. The maximum atomic E-state index is 10.9. The van der Waals surface area contributed by atoms with Crippen molar-refractivity contribution >= 4 is 9.84 Å². The van der Waals surface area contributed by atoms with Gasteiger partial charge < -0.3 is 0 Å². The molecule has 2 nitrogen and oxygen atoms in total. The molecule has 0 radical (unpaired) electrons. The van der Waals surface area contributed by atoms with Crippen LogP contribution in [0.4, 0.5) is 0 Å². The molecule has 0 N–H and O–H groups in total. The van der Waals surface area contributed by atoms with Crippen molar-refractivity contribution in [1.82, 2.24) is 0 Å². The van der Waals surface area contributed by atoms with Gasteiger partial charge in [0.2, 0.25) is 0 Å². The first-order valence-electron chi connectivity index (χ1n) is 5.62. The fourth-order valence-corrected chi connectivity index (χ4v) is 2.19. The molecular formula is C12H24O2S. The Morgan fingerprint density at radius 3 is 2.33 bits per heavy atom. The monoisotopic (exact) mass is 232 g/mol. The Labute approximate surface area is 94.7 Å². The van der Waals surface area contributed by atoms with E-state index in [-0.39, 0.29) is 0 Å². The van der Waals surface area contributed by atoms with Gasteiger partial charge in [-0.2, -0.15) is 0 Å². The van der Waals surface area contributed by atoms with E-state index < -0.39 is 9.84 Å². The molecule has 15 heavy (non-hydrogen) atoms. The Balaban J connectivity index is 3.58. The lowest BCUT2D eigenvalue weighted by Crippen LogP contribution is -2.05. The predicted molar refractivity (Wildman–Crippen MR) is 66.8 cm³/mol. The summed E-state index contributed by atoms with van der Waals surface area (Å²) < 4.78 is 21.8. The van der Waals surface area contributed by atoms with E-state index in [9.17, 15) is 8.42 Å². The summed E-state index contributed by atoms with van der Waals surface area (Å²) in [5, 5.41) is 0. The number of rotatable bonds is 7. The molecule has 0 heterocycles. The molecule has 0 fully saturated rings. The fourth-order valence-electron chi connectivity index (χ4n) is 1.49. The molecule has 3 heteroatoms. The lowest BCUT2D eigenvalue weighted by molar-refractivity contribution is 0.488. The van der Waals surface area contributed by atoms with Crippen molar-refractivity contribution in [3.8, 4) is 0 Å². The number of sulfone groups is 1. The van der Waals surface area contributed by atoms with E-state index in [1.807, 2.05) is 0 Å². The summed E-state index contributed by atoms with van der Waals surface area (Å²) in [7, 11) is -2.77. The average Bonchev–Trinajstić information content (AvgIpc) is 2.00. The molecule has 0 spiro atoms. The van der Waals surface area contributed by atoms with E-state index in [4.69, 9.17) is 0 Å². The third-order valence-corrected chi connectivity index (χ3v) is 3.45. The van der Waals surface area contributed by atoms with E-state index in [0.29, 0.717) is 11.7 Å². The minimum absolute atomic E-state index is 0.333. The molecule has 90 valence electrons. The van der Waals surface area contributed by atoms with Crippen LogP contribution in [0.3, 0.4) is 0 Å². The van der Waals surface area contributed by atoms with Crippen molar-refractivity contribution in [2.24, 2.45) is 5.92 Å². The number of hydrogen-bond donors (Lipinski definition) is 0. The summed E-state index contributed by atoms with van der Waals surface area (Å²) in [6.45, 7) is 6.41. The summed E-state index contributed by atoms with van der Waals surface area (Å²) in [6.07, 6.45) is 7.64. The zero-order valence-corrected chi connectivity index (χ0v) is 11.2. The largest absolute Gasteiger partial charge is 0.229 e. The lowest BCUT2D eigenvalue weighted by Gasteiger charge is -2.09. The van der Waals surface area contributed by atoms with Crippen molar-refractivity contribution in [2.75, 3.05) is 12.0 Å². The molecular weight excluding hydrogens is 208 g/mol. The first kappa shape index (κ1) is 14.7. The van der Waals surface area contributed by atoms with Gasteiger partial charge in [0.25, 0.3) is 0 Å². The topological polar surface area (TPSA) is 34.1 Å². The summed E-state index contributed by atoms with van der Waals surface area (Å²) in [4.78, 5) is 0. The Morgan fingerprint density at radius 2 is 1.87 bits per heavy atom. The van der Waals surface area contributed by atoms with E-state index in [2.05, 4.69) is 26.8 Å². The molecule has 0 unspecified atom stereocenters. The van der Waals surface area contributed by atoms with Crippen molar-refractivity contribution in [1.29, 1.82) is 0 Å². The van der Waals surface area contributed by atoms with Crippen LogP contribution in [0.1, 0.15) is 46.5 Å². The normalized spacial score (nSPS) is 13.6. The van der Waals surface area contributed by atoms with Crippen LogP contribution >= 0.6 is 0 Å². The summed E-state index contributed by atoms with van der Waals surface area (Å²) in [6, 6.07) is 0. The molecule has 0 saturated carbocycles. The van der Waals surface area contributed by atoms with E-state index in [1.54, 1.807) is 0 Å². The molecule has 0 rings (SSSR count). The Morgan fingerprint density at radius 1 is 1.27 bits per heavy atom. The van der Waals surface area contributed by atoms with Crippen LogP contribution in [-0.4, -0.2) is 20.4 Å². The van der Waals surface area contributed by atoms with Crippen LogP contribution in [0.15, 0.2) is 11.6 Å². The van der Waals surface area contributed by atoms with Gasteiger partial charge in [-0.15, -0.1) is 0 Å². The average molecular weight is 232 g/mol. The van der Waals surface area contributed by atoms with Gasteiger partial charge in [0.15, 0.2) is 0 Å². The Kier molecular flexibility index (Phi) is 6.90. The van der Waals surface area contributed by atoms with E-state index in [1.165, 1.54) is 11.8 Å². The van der Waals surface area contributed by atoms with Gasteiger partial charge >= 0.3 is 0 Å². The van der Waals surface area contributed by atoms with E-state index in [0.717, 1.165) is 25.7 Å². The third kappa shape index (κ3) is 11.6. The van der Waals surface area contributed by atoms with Gasteiger partial charge in [-0.05, 0) is 45.4 Å². The molecule has 0 aliphatic heterocycles. The van der Waals surface area contributed by atoms with Crippen LogP contribution in [0.25, 0.3) is 0 Å². The maximum absolute atomic E-state index is 10.9. The number of hydrogen-bond acceptors (Lipinski definition) is 2. The van der Waals surface area contributed by atoms with Gasteiger partial charge in [0.05, 0.1) is 0 Å². The van der Waals surface area contributed by atoms with Gasteiger partial charge in [-0.1, -0.05) is 18.6 Å². The highest BCUT2D eigenvalue weighted by atomic mass is 32.2. The lowest BCUT2D eigenvalue weighted by atomic mass is 10.00. The Bertz CT molecular complexity index is 285. The van der Waals surface area contributed by atoms with Gasteiger partial charge in [0.1, 0.15) is 9.84 Å². The second kappa shape index (κ2) is 7.04. The van der Waals surface area contributed by atoms with Gasteiger partial charge in [-0.3, -0.25) is 0 Å². The maximum Gasteiger partial charge on any atom is 0.147 e. The molecule has 1 atom stereocenters. The molecule has 0 aromatic carbocycles. The molecule has 0 bridgehead atoms. The quantitative estimate of drug-likeness (QED) is 0.632. The zero-order chi connectivity index (χ0) is 11.9. The second-order valence-electron chi connectivity index (χ2n) is 4.74. The highest BCUT2D eigenvalue weighted by Gasteiger charge is 2.05. The third-order valence-electron chi connectivity index (χ3n) is 2.42. The second-order valence-corrected chi connectivity index (χ2v) is 7.00. The summed E-state index contributed by atoms with van der Waals surface area (Å²) >= 11 is 0. The molecule has 0 aromatic heterocycles. The van der Waals surface area contributed by atoms with Crippen molar-refractivity contribution in [3.05, 3.63) is 11.6 Å². The minimum Gasteiger partial charge on any atom is -0.229 e. The minimum atomic E-state index is -2.77. The molecule has 0 aliphatic rings. The molecule has 0 saturated heterocycles. The summed E-state index contributed by atoms with van der Waals surface area (Å²) in [5.41, 5.74) is 1.36. The molecule has 0 aliphatic carbocycles. The standard InChI is InChI=1S/C12H24O2S/c1-11(2)7-5-8-12(3)9-6-10-15(4,13)14/h7,12H,5-6,8-10H2,1-4H3/t12-/m0/s1. The first-order valence-corrected chi connectivity index (χ1v) is 7.68. The van der Waals surface area contributed by atoms with Crippen LogP contribution in [0.5, 0.6) is 0 Å². The highest BCUT2D eigenvalue weighted by Crippen LogP contribution is 2.14. The van der Waals surface area contributed by atoms with Crippen molar-refractivity contribution in [2.45, 2.75) is 46.5 Å². The first-order chi connectivity index (χ1) is 6.81. The Hall–Kier alpha value is -0.310. The van der Waals surface area contributed by atoms with Gasteiger partial charge in [0, 0.05) is 12.0 Å². The van der Waals surface area contributed by atoms with Gasteiger partial charge in [-0.25, -0.2) is 8.42 Å². The summed E-state index contributed by atoms with van der Waals surface area (Å²) in [5.74, 6) is 0.960. The number of allylic oxidation sites excluding steroid dienone is 2. The molecule has 0 amide bonds. The van der Waals surface area contributed by atoms with Crippen LogP contribution < -0.4 is 0 Å². The van der Waals surface area contributed by atoms with Crippen LogP contribution in [0, 0.1) is 5.92 Å². The van der Waals surface area contributed by atoms with Crippen molar-refractivity contribution in [3.63, 3.8) is 0 Å². The van der Waals surface area contributed by atoms with Crippen molar-refractivity contribution < 1.29 is 8.42 Å². The molecule has 0 aromatic rings. The fraction of sp³-hybridized carbons (Fsp3) is 0.833. The smallest absolute Gasteiger partial charge is 0.147 e. The predicted octanol–water partition coefficient (Wildman–Crippen LogP) is 3.19. The SMILES string of the molecule is CC(C)=CCC[C@H](C)CCCS(C)(=O)=O. The van der Waals surface area contributed by atoms with Crippen LogP contribution in [0.2, 0.25) is 0 Å². The van der Waals surface area contributed by atoms with Crippen LogP contribution in [-0.2, 0) is 9.84 Å².